The second-order valence-corrected chi connectivity index (χ2v) is 7.31. The molecule has 2 aliphatic rings. The van der Waals surface area contributed by atoms with Crippen molar-refractivity contribution in [3.8, 4) is 6.07 Å². The zero-order valence-electron chi connectivity index (χ0n) is 11.8. The van der Waals surface area contributed by atoms with Gasteiger partial charge in [-0.2, -0.15) is 17.0 Å². The molecular weight excluding hydrogens is 256 g/mol. The van der Waals surface area contributed by atoms with Crippen LogP contribution in [0, 0.1) is 16.7 Å². The molecule has 0 spiro atoms. The van der Waals surface area contributed by atoms with Crippen LogP contribution in [0.3, 0.4) is 0 Å². The minimum absolute atomic E-state index is 0.0165. The number of nitrogens with one attached hydrogen (secondary N) is 1. The number of rotatable bonds is 4. The quantitative estimate of drug-likeness (QED) is 0.804. The monoisotopic (exact) mass is 280 g/mol. The van der Waals surface area contributed by atoms with Gasteiger partial charge in [0.15, 0.2) is 0 Å². The van der Waals surface area contributed by atoms with Crippen molar-refractivity contribution in [2.24, 2.45) is 5.41 Å². The van der Waals surface area contributed by atoms with Crippen molar-refractivity contribution in [1.82, 2.24) is 5.32 Å². The van der Waals surface area contributed by atoms with E-state index in [-0.39, 0.29) is 10.7 Å². The standard InChI is InChI=1S/C15H24N2OS/c1-19-15(9-6-10-15)12-17-13(18)14(11-16)7-4-2-3-5-8-14/h2-10,12H2,1H3,(H,17,18). The molecule has 2 rings (SSSR count). The number of nitriles is 1. The summed E-state index contributed by atoms with van der Waals surface area (Å²) < 4.78 is 0.247. The second kappa shape index (κ2) is 6.17. The number of carbonyl (C=O) groups is 1. The van der Waals surface area contributed by atoms with Gasteiger partial charge in [-0.3, -0.25) is 4.79 Å². The maximum atomic E-state index is 12.5. The smallest absolute Gasteiger partial charge is 0.240 e. The SMILES string of the molecule is CSC1(CNC(=O)C2(C#N)CCCCCC2)CCC1. The van der Waals surface area contributed by atoms with Crippen LogP contribution >= 0.6 is 11.8 Å². The van der Waals surface area contributed by atoms with Crippen LogP contribution in [0.1, 0.15) is 57.8 Å². The zero-order valence-corrected chi connectivity index (χ0v) is 12.7. The number of nitrogens with zero attached hydrogens (tertiary/aromatic N) is 1. The van der Waals surface area contributed by atoms with Crippen molar-refractivity contribution >= 4 is 17.7 Å². The third-order valence-corrected chi connectivity index (χ3v) is 6.29. The van der Waals surface area contributed by atoms with E-state index in [4.69, 9.17) is 0 Å². The van der Waals surface area contributed by atoms with Crippen molar-refractivity contribution in [3.05, 3.63) is 0 Å². The average molecular weight is 280 g/mol. The Labute approximate surface area is 120 Å². The molecule has 1 amide bonds. The summed E-state index contributed by atoms with van der Waals surface area (Å²) in [5.74, 6) is -0.0165. The van der Waals surface area contributed by atoms with Gasteiger partial charge < -0.3 is 5.32 Å². The predicted molar refractivity (Wildman–Crippen MR) is 78.9 cm³/mol. The Morgan fingerprint density at radius 1 is 1.16 bits per heavy atom. The molecular formula is C15H24N2OS. The van der Waals surface area contributed by atoms with E-state index in [9.17, 15) is 10.1 Å². The van der Waals surface area contributed by atoms with E-state index in [1.54, 1.807) is 0 Å². The minimum Gasteiger partial charge on any atom is -0.353 e. The molecule has 0 aromatic rings. The fraction of sp³-hybridized carbons (Fsp3) is 0.867. The van der Waals surface area contributed by atoms with E-state index in [0.29, 0.717) is 0 Å². The first-order chi connectivity index (χ1) is 9.16. The normalized spacial score (nSPS) is 24.6. The summed E-state index contributed by atoms with van der Waals surface area (Å²) in [5.41, 5.74) is -0.750. The highest BCUT2D eigenvalue weighted by Crippen LogP contribution is 2.42. The lowest BCUT2D eigenvalue weighted by atomic mass is 9.80. The number of hydrogen-bond acceptors (Lipinski definition) is 3. The van der Waals surface area contributed by atoms with Gasteiger partial charge >= 0.3 is 0 Å². The van der Waals surface area contributed by atoms with E-state index in [1.807, 2.05) is 11.8 Å². The highest BCUT2D eigenvalue weighted by Gasteiger charge is 2.41. The van der Waals surface area contributed by atoms with Gasteiger partial charge in [-0.1, -0.05) is 32.1 Å². The van der Waals surface area contributed by atoms with E-state index < -0.39 is 5.41 Å². The number of carbonyl (C=O) groups excluding carboxylic acids is 1. The summed E-state index contributed by atoms with van der Waals surface area (Å²) >= 11 is 1.86. The second-order valence-electron chi connectivity index (χ2n) is 6.03. The fourth-order valence-electron chi connectivity index (χ4n) is 3.16. The summed E-state index contributed by atoms with van der Waals surface area (Å²) in [5, 5.41) is 12.6. The van der Waals surface area contributed by atoms with Crippen molar-refractivity contribution in [2.45, 2.75) is 62.5 Å². The molecule has 4 heteroatoms. The molecule has 1 N–H and O–H groups in total. The number of thioether (sulfide) groups is 1. The molecule has 3 nitrogen and oxygen atoms in total. The van der Waals surface area contributed by atoms with Crippen LogP contribution in [-0.2, 0) is 4.79 Å². The molecule has 0 saturated heterocycles. The molecule has 2 fully saturated rings. The molecule has 0 radical (unpaired) electrons. The first-order valence-corrected chi connectivity index (χ1v) is 8.64. The van der Waals surface area contributed by atoms with E-state index in [0.717, 1.165) is 45.1 Å². The van der Waals surface area contributed by atoms with Crippen LogP contribution in [0.25, 0.3) is 0 Å². The molecule has 0 aromatic carbocycles. The Balaban J connectivity index is 1.95. The van der Waals surface area contributed by atoms with Crippen LogP contribution in [0.4, 0.5) is 0 Å². The molecule has 0 aromatic heterocycles. The highest BCUT2D eigenvalue weighted by molar-refractivity contribution is 8.00. The lowest BCUT2D eigenvalue weighted by molar-refractivity contribution is -0.129. The van der Waals surface area contributed by atoms with Crippen LogP contribution in [0.5, 0.6) is 0 Å². The Kier molecular flexibility index (Phi) is 4.78. The fourth-order valence-corrected chi connectivity index (χ4v) is 4.07. The maximum Gasteiger partial charge on any atom is 0.240 e. The van der Waals surface area contributed by atoms with Crippen molar-refractivity contribution in [1.29, 1.82) is 5.26 Å². The molecule has 0 unspecified atom stereocenters. The molecule has 2 aliphatic carbocycles. The van der Waals surface area contributed by atoms with Gasteiger partial charge in [-0.15, -0.1) is 0 Å². The molecule has 0 atom stereocenters. The lowest BCUT2D eigenvalue weighted by Crippen LogP contribution is -2.49. The number of amides is 1. The Morgan fingerprint density at radius 2 is 1.79 bits per heavy atom. The molecule has 19 heavy (non-hydrogen) atoms. The number of hydrogen-bond donors (Lipinski definition) is 1. The summed E-state index contributed by atoms with van der Waals surface area (Å²) in [4.78, 5) is 12.5. The van der Waals surface area contributed by atoms with Crippen molar-refractivity contribution < 1.29 is 4.79 Å². The molecule has 0 bridgehead atoms. The minimum atomic E-state index is -0.750. The molecule has 0 heterocycles. The largest absolute Gasteiger partial charge is 0.353 e. The van der Waals surface area contributed by atoms with Crippen LogP contribution in [-0.4, -0.2) is 23.5 Å². The first kappa shape index (κ1) is 14.7. The van der Waals surface area contributed by atoms with E-state index in [1.165, 1.54) is 19.3 Å². The third-order valence-electron chi connectivity index (χ3n) is 4.87. The van der Waals surface area contributed by atoms with Crippen molar-refractivity contribution in [2.75, 3.05) is 12.8 Å². The summed E-state index contributed by atoms with van der Waals surface area (Å²) in [6.07, 6.45) is 11.6. The van der Waals surface area contributed by atoms with E-state index >= 15 is 0 Å². The lowest BCUT2D eigenvalue weighted by Gasteiger charge is -2.41. The van der Waals surface area contributed by atoms with Crippen LogP contribution in [0.15, 0.2) is 0 Å². The Morgan fingerprint density at radius 3 is 2.21 bits per heavy atom. The average Bonchev–Trinajstić information content (AvgIpc) is 2.64. The Hall–Kier alpha value is -0.690. The predicted octanol–water partition coefficient (Wildman–Crippen LogP) is 3.25. The highest BCUT2D eigenvalue weighted by atomic mass is 32.2. The van der Waals surface area contributed by atoms with E-state index in [2.05, 4.69) is 17.6 Å². The van der Waals surface area contributed by atoms with Gasteiger partial charge in [0.05, 0.1) is 6.07 Å². The van der Waals surface area contributed by atoms with Gasteiger partial charge in [0, 0.05) is 11.3 Å². The maximum absolute atomic E-state index is 12.5. The summed E-state index contributed by atoms with van der Waals surface area (Å²) in [6, 6.07) is 2.33. The van der Waals surface area contributed by atoms with Gasteiger partial charge in [-0.05, 0) is 31.9 Å². The van der Waals surface area contributed by atoms with Gasteiger partial charge in [0.1, 0.15) is 5.41 Å². The van der Waals surface area contributed by atoms with Gasteiger partial charge in [0.25, 0.3) is 0 Å². The first-order valence-electron chi connectivity index (χ1n) is 7.41. The Bertz CT molecular complexity index is 357. The summed E-state index contributed by atoms with van der Waals surface area (Å²) in [7, 11) is 0. The molecule has 2 saturated carbocycles. The van der Waals surface area contributed by atoms with Gasteiger partial charge in [-0.25, -0.2) is 0 Å². The van der Waals surface area contributed by atoms with Crippen molar-refractivity contribution in [3.63, 3.8) is 0 Å². The van der Waals surface area contributed by atoms with Crippen LogP contribution < -0.4 is 5.32 Å². The molecule has 106 valence electrons. The zero-order chi connectivity index (χ0) is 13.8. The molecule has 0 aliphatic heterocycles. The summed E-state index contributed by atoms with van der Waals surface area (Å²) in [6.45, 7) is 0.733. The van der Waals surface area contributed by atoms with Gasteiger partial charge in [0.2, 0.25) is 5.91 Å². The third kappa shape index (κ3) is 3.08. The topological polar surface area (TPSA) is 52.9 Å². The van der Waals surface area contributed by atoms with Crippen LogP contribution in [0.2, 0.25) is 0 Å².